The minimum Gasteiger partial charge on any atom is -0.477 e. The van der Waals surface area contributed by atoms with E-state index in [2.05, 4.69) is 0 Å². The summed E-state index contributed by atoms with van der Waals surface area (Å²) in [6.07, 6.45) is 4.52. The largest absolute Gasteiger partial charge is 0.477 e. The summed E-state index contributed by atoms with van der Waals surface area (Å²) in [5.74, 6) is -0.330. The Morgan fingerprint density at radius 2 is 1.70 bits per heavy atom. The van der Waals surface area contributed by atoms with Gasteiger partial charge in [0.2, 0.25) is 10.0 Å². The van der Waals surface area contributed by atoms with Gasteiger partial charge in [-0.05, 0) is 44.2 Å². The van der Waals surface area contributed by atoms with Crippen molar-refractivity contribution in [2.24, 2.45) is 0 Å². The summed E-state index contributed by atoms with van der Waals surface area (Å²) < 4.78 is 31.9. The van der Waals surface area contributed by atoms with Crippen molar-refractivity contribution in [3.8, 4) is 5.75 Å². The summed E-state index contributed by atoms with van der Waals surface area (Å²) in [6, 6.07) is 3.56. The normalized spacial score (nSPS) is 18.4. The number of nitro benzene ring substituents is 1. The second kappa shape index (κ2) is 8.22. The lowest BCUT2D eigenvalue weighted by atomic mass is 10.1. The molecule has 0 N–H and O–H groups in total. The average Bonchev–Trinajstić information content (AvgIpc) is 3.22. The standard InChI is InChI=1S/C17H23N3O6S/c21-17(18-8-2-1-3-9-18)13-26-16-7-6-14(12-15(16)20(22)23)27(24,25)19-10-4-5-11-19/h6-7,12H,1-5,8-11,13H2. The minimum atomic E-state index is -3.76. The van der Waals surface area contributed by atoms with Crippen molar-refractivity contribution in [3.63, 3.8) is 0 Å². The highest BCUT2D eigenvalue weighted by Crippen LogP contribution is 2.31. The van der Waals surface area contributed by atoms with Gasteiger partial charge in [-0.2, -0.15) is 4.31 Å². The number of likely N-dealkylation sites (tertiary alicyclic amines) is 1. The van der Waals surface area contributed by atoms with Crippen LogP contribution >= 0.6 is 0 Å². The molecule has 0 atom stereocenters. The van der Waals surface area contributed by atoms with Gasteiger partial charge >= 0.3 is 5.69 Å². The van der Waals surface area contributed by atoms with Crippen LogP contribution in [0.15, 0.2) is 23.1 Å². The number of carbonyl (C=O) groups excluding carboxylic acids is 1. The predicted octanol–water partition coefficient (Wildman–Crippen LogP) is 1.77. The van der Waals surface area contributed by atoms with Crippen LogP contribution in [0, 0.1) is 10.1 Å². The zero-order valence-electron chi connectivity index (χ0n) is 15.0. The number of rotatable bonds is 6. The van der Waals surface area contributed by atoms with E-state index in [1.807, 2.05) is 0 Å². The van der Waals surface area contributed by atoms with Crippen molar-refractivity contribution in [2.45, 2.75) is 37.0 Å². The molecule has 0 radical (unpaired) electrons. The van der Waals surface area contributed by atoms with E-state index in [0.29, 0.717) is 26.2 Å². The molecule has 2 aliphatic rings. The van der Waals surface area contributed by atoms with E-state index in [1.165, 1.54) is 16.4 Å². The molecular formula is C17H23N3O6S. The van der Waals surface area contributed by atoms with Crippen molar-refractivity contribution in [2.75, 3.05) is 32.8 Å². The van der Waals surface area contributed by atoms with Crippen LogP contribution in [0.4, 0.5) is 5.69 Å². The van der Waals surface area contributed by atoms with Gasteiger partial charge in [0.05, 0.1) is 9.82 Å². The molecule has 2 aliphatic heterocycles. The van der Waals surface area contributed by atoms with Gasteiger partial charge in [0.25, 0.3) is 5.91 Å². The van der Waals surface area contributed by atoms with Gasteiger partial charge in [0.15, 0.2) is 12.4 Å². The van der Waals surface area contributed by atoms with Crippen molar-refractivity contribution in [3.05, 3.63) is 28.3 Å². The van der Waals surface area contributed by atoms with Crippen LogP contribution in [0.3, 0.4) is 0 Å². The Morgan fingerprint density at radius 3 is 2.33 bits per heavy atom. The molecule has 3 rings (SSSR count). The molecule has 1 aromatic carbocycles. The van der Waals surface area contributed by atoms with Crippen LogP contribution in [-0.4, -0.2) is 61.2 Å². The number of ether oxygens (including phenoxy) is 1. The number of nitrogens with zero attached hydrogens (tertiary/aromatic N) is 3. The van der Waals surface area contributed by atoms with Crippen molar-refractivity contribution in [1.29, 1.82) is 0 Å². The Bertz CT molecular complexity index is 814. The van der Waals surface area contributed by atoms with Gasteiger partial charge < -0.3 is 9.64 Å². The predicted molar refractivity (Wildman–Crippen MR) is 97.0 cm³/mol. The maximum Gasteiger partial charge on any atom is 0.312 e. The second-order valence-electron chi connectivity index (χ2n) is 6.73. The molecule has 9 nitrogen and oxygen atoms in total. The van der Waals surface area contributed by atoms with E-state index >= 15 is 0 Å². The van der Waals surface area contributed by atoms with Crippen LogP contribution in [-0.2, 0) is 14.8 Å². The Kier molecular flexibility index (Phi) is 5.95. The highest BCUT2D eigenvalue weighted by atomic mass is 32.2. The first-order chi connectivity index (χ1) is 12.9. The smallest absolute Gasteiger partial charge is 0.312 e. The van der Waals surface area contributed by atoms with E-state index in [9.17, 15) is 23.3 Å². The Hall–Kier alpha value is -2.20. The Morgan fingerprint density at radius 1 is 1.07 bits per heavy atom. The molecule has 0 saturated carbocycles. The number of carbonyl (C=O) groups is 1. The van der Waals surface area contributed by atoms with E-state index in [1.54, 1.807) is 4.90 Å². The van der Waals surface area contributed by atoms with Gasteiger partial charge in [0.1, 0.15) is 0 Å². The lowest BCUT2D eigenvalue weighted by Gasteiger charge is -2.26. The fourth-order valence-corrected chi connectivity index (χ4v) is 4.91. The first-order valence-electron chi connectivity index (χ1n) is 9.09. The van der Waals surface area contributed by atoms with Gasteiger partial charge in [-0.25, -0.2) is 8.42 Å². The van der Waals surface area contributed by atoms with Crippen LogP contribution in [0.1, 0.15) is 32.1 Å². The maximum absolute atomic E-state index is 12.6. The van der Waals surface area contributed by atoms with E-state index in [-0.39, 0.29) is 23.2 Å². The highest BCUT2D eigenvalue weighted by Gasteiger charge is 2.30. The molecule has 0 aromatic heterocycles. The van der Waals surface area contributed by atoms with E-state index in [0.717, 1.165) is 38.2 Å². The molecule has 0 spiro atoms. The molecule has 0 unspecified atom stereocenters. The molecule has 2 heterocycles. The summed E-state index contributed by atoms with van der Waals surface area (Å²) in [5.41, 5.74) is -0.457. The lowest BCUT2D eigenvalue weighted by Crippen LogP contribution is -2.38. The molecule has 2 fully saturated rings. The van der Waals surface area contributed by atoms with Crippen molar-refractivity contribution < 1.29 is 22.9 Å². The van der Waals surface area contributed by atoms with E-state index in [4.69, 9.17) is 4.74 Å². The molecule has 2 saturated heterocycles. The van der Waals surface area contributed by atoms with Gasteiger partial charge in [0, 0.05) is 32.2 Å². The average molecular weight is 397 g/mol. The number of sulfonamides is 1. The number of benzene rings is 1. The molecule has 1 aromatic rings. The number of piperidine rings is 1. The molecule has 10 heteroatoms. The SMILES string of the molecule is O=C(COc1ccc(S(=O)(=O)N2CCCC2)cc1[N+](=O)[O-])N1CCCCC1. The van der Waals surface area contributed by atoms with Gasteiger partial charge in [-0.15, -0.1) is 0 Å². The molecule has 1 amide bonds. The zero-order valence-corrected chi connectivity index (χ0v) is 15.8. The third-order valence-electron chi connectivity index (χ3n) is 4.89. The fourth-order valence-electron chi connectivity index (χ4n) is 3.37. The zero-order chi connectivity index (χ0) is 19.4. The summed E-state index contributed by atoms with van der Waals surface area (Å²) in [7, 11) is -3.76. The molecular weight excluding hydrogens is 374 g/mol. The number of amides is 1. The first kappa shape index (κ1) is 19.6. The topological polar surface area (TPSA) is 110 Å². The number of hydrogen-bond acceptors (Lipinski definition) is 6. The summed E-state index contributed by atoms with van der Waals surface area (Å²) in [5, 5.41) is 11.4. The molecule has 0 bridgehead atoms. The van der Waals surface area contributed by atoms with Crippen molar-refractivity contribution >= 4 is 21.6 Å². The monoisotopic (exact) mass is 397 g/mol. The minimum absolute atomic E-state index is 0.106. The van der Waals surface area contributed by atoms with Crippen LogP contribution in [0.5, 0.6) is 5.75 Å². The third kappa shape index (κ3) is 4.38. The number of nitro groups is 1. The molecule has 0 aliphatic carbocycles. The van der Waals surface area contributed by atoms with Crippen molar-refractivity contribution in [1.82, 2.24) is 9.21 Å². The first-order valence-corrected chi connectivity index (χ1v) is 10.5. The fraction of sp³-hybridized carbons (Fsp3) is 0.588. The quantitative estimate of drug-likeness (QED) is 0.534. The van der Waals surface area contributed by atoms with Crippen LogP contribution in [0.2, 0.25) is 0 Å². The number of hydrogen-bond donors (Lipinski definition) is 0. The van der Waals surface area contributed by atoms with Gasteiger partial charge in [-0.1, -0.05) is 0 Å². The lowest BCUT2D eigenvalue weighted by molar-refractivity contribution is -0.386. The molecule has 148 valence electrons. The second-order valence-corrected chi connectivity index (χ2v) is 8.67. The van der Waals surface area contributed by atoms with Crippen LogP contribution < -0.4 is 4.74 Å². The maximum atomic E-state index is 12.6. The van der Waals surface area contributed by atoms with Gasteiger partial charge in [-0.3, -0.25) is 14.9 Å². The van der Waals surface area contributed by atoms with Crippen LogP contribution in [0.25, 0.3) is 0 Å². The summed E-state index contributed by atoms with van der Waals surface area (Å²) >= 11 is 0. The third-order valence-corrected chi connectivity index (χ3v) is 6.78. The summed E-state index contributed by atoms with van der Waals surface area (Å²) in [6.45, 7) is 1.85. The van der Waals surface area contributed by atoms with E-state index < -0.39 is 20.6 Å². The Balaban J connectivity index is 1.75. The molecule has 27 heavy (non-hydrogen) atoms. The summed E-state index contributed by atoms with van der Waals surface area (Å²) in [4.78, 5) is 24.4. The Labute approximate surface area is 158 Å². The highest BCUT2D eigenvalue weighted by molar-refractivity contribution is 7.89.